The van der Waals surface area contributed by atoms with Crippen LogP contribution in [0.3, 0.4) is 0 Å². The zero-order chi connectivity index (χ0) is 31.6. The molecular formula is C35H36BrN3O6. The molecule has 1 aliphatic rings. The fraction of sp³-hybridized carbons (Fsp3) is 0.257. The minimum atomic E-state index is -1.37. The summed E-state index contributed by atoms with van der Waals surface area (Å²) in [4.78, 5) is 19.5. The Bertz CT molecular complexity index is 1620. The van der Waals surface area contributed by atoms with E-state index in [0.29, 0.717) is 41.7 Å². The first-order valence-corrected chi connectivity index (χ1v) is 15.4. The van der Waals surface area contributed by atoms with Crippen LogP contribution in [-0.2, 0) is 22.5 Å². The van der Waals surface area contributed by atoms with Crippen molar-refractivity contribution < 1.29 is 28.8 Å². The number of carbonyl (C=O) groups excluding carboxylic acids is 1. The molecule has 0 radical (unpaired) electrons. The highest BCUT2D eigenvalue weighted by atomic mass is 79.9. The maximum atomic E-state index is 14.4. The Morgan fingerprint density at radius 1 is 0.956 bits per heavy atom. The van der Waals surface area contributed by atoms with E-state index >= 15 is 0 Å². The van der Waals surface area contributed by atoms with Crippen LogP contribution >= 0.6 is 15.9 Å². The quantitative estimate of drug-likeness (QED) is 0.119. The summed E-state index contributed by atoms with van der Waals surface area (Å²) in [5, 5.41) is 9.06. The van der Waals surface area contributed by atoms with Crippen LogP contribution in [0, 0.1) is 0 Å². The molecule has 0 unspecified atom stereocenters. The summed E-state index contributed by atoms with van der Waals surface area (Å²) in [6.45, 7) is 0.751. The lowest BCUT2D eigenvalue weighted by Crippen LogP contribution is -2.53. The standard InChI is InChI=1S/C35H36BrN3O6/c1-42-30-15-8-12-26(31(30)43-2)23-37-39-34(41)35(22-24-10-4-3-5-11-24)32(28-13-6-7-14-29(28)36)45-33(38-35)25-16-18-27(19-17-25)44-21-9-20-40/h3-8,10-19,32,37,40H,9,20-23H2,1-2H3,(H,39,41)/t32-,35-/m0/s1. The number of nitrogens with one attached hydrogen (secondary N) is 2. The third kappa shape index (κ3) is 7.30. The van der Waals surface area contributed by atoms with Gasteiger partial charge in [0.1, 0.15) is 5.75 Å². The summed E-state index contributed by atoms with van der Waals surface area (Å²) in [6, 6.07) is 30.4. The van der Waals surface area contributed by atoms with Crippen LogP contribution in [0.2, 0.25) is 0 Å². The van der Waals surface area contributed by atoms with E-state index in [1.807, 2.05) is 97.1 Å². The second-order valence-electron chi connectivity index (χ2n) is 10.4. The Balaban J connectivity index is 1.51. The molecule has 5 rings (SSSR count). The Kier molecular flexibility index (Phi) is 10.7. The molecule has 4 aromatic rings. The van der Waals surface area contributed by atoms with Crippen LogP contribution in [0.4, 0.5) is 0 Å². The summed E-state index contributed by atoms with van der Waals surface area (Å²) < 4.78 is 24.1. The average Bonchev–Trinajstić information content (AvgIpc) is 3.45. The second-order valence-corrected chi connectivity index (χ2v) is 11.3. The lowest BCUT2D eigenvalue weighted by atomic mass is 9.82. The van der Waals surface area contributed by atoms with Gasteiger partial charge in [0.2, 0.25) is 5.90 Å². The Hall–Kier alpha value is -4.38. The van der Waals surface area contributed by atoms with Gasteiger partial charge >= 0.3 is 0 Å². The number of halogens is 1. The molecule has 3 N–H and O–H groups in total. The van der Waals surface area contributed by atoms with Crippen LogP contribution in [0.15, 0.2) is 107 Å². The van der Waals surface area contributed by atoms with Crippen molar-refractivity contribution in [2.24, 2.45) is 4.99 Å². The number of amides is 1. The van der Waals surface area contributed by atoms with E-state index in [1.165, 1.54) is 0 Å². The molecule has 1 amide bonds. The highest BCUT2D eigenvalue weighted by Gasteiger charge is 2.54. The second kappa shape index (κ2) is 15.1. The van der Waals surface area contributed by atoms with Gasteiger partial charge in [-0.15, -0.1) is 0 Å². The van der Waals surface area contributed by atoms with Gasteiger partial charge < -0.3 is 24.1 Å². The first-order valence-electron chi connectivity index (χ1n) is 14.6. The normalized spacial score (nSPS) is 17.2. The Morgan fingerprint density at radius 2 is 1.71 bits per heavy atom. The number of benzene rings is 4. The maximum Gasteiger partial charge on any atom is 0.266 e. The SMILES string of the molecule is COc1cccc(CNNC(=O)[C@@]2(Cc3ccccc3)N=C(c3ccc(OCCCO)cc3)O[C@H]2c2ccccc2Br)c1OC. The number of hydrogen-bond acceptors (Lipinski definition) is 8. The number of rotatable bonds is 14. The summed E-state index contributed by atoms with van der Waals surface area (Å²) >= 11 is 3.68. The number of methoxy groups -OCH3 is 2. The van der Waals surface area contributed by atoms with Crippen molar-refractivity contribution in [3.8, 4) is 17.2 Å². The van der Waals surface area contributed by atoms with E-state index in [2.05, 4.69) is 26.8 Å². The molecule has 9 nitrogen and oxygen atoms in total. The minimum absolute atomic E-state index is 0.0622. The molecule has 0 saturated carbocycles. The van der Waals surface area contributed by atoms with Gasteiger partial charge in [-0.2, -0.15) is 0 Å². The zero-order valence-corrected chi connectivity index (χ0v) is 26.8. The Morgan fingerprint density at radius 3 is 2.42 bits per heavy atom. The highest BCUT2D eigenvalue weighted by Crippen LogP contribution is 2.44. The first kappa shape index (κ1) is 32.0. The molecule has 234 valence electrons. The molecular weight excluding hydrogens is 638 g/mol. The molecule has 0 spiro atoms. The lowest BCUT2D eigenvalue weighted by Gasteiger charge is -2.31. The van der Waals surface area contributed by atoms with Crippen LogP contribution in [0.1, 0.15) is 34.8 Å². The number of nitrogens with zero attached hydrogens (tertiary/aromatic N) is 1. The van der Waals surface area contributed by atoms with Crippen molar-refractivity contribution >= 4 is 27.7 Å². The van der Waals surface area contributed by atoms with Gasteiger partial charge in [-0.3, -0.25) is 10.2 Å². The largest absolute Gasteiger partial charge is 0.494 e. The van der Waals surface area contributed by atoms with Crippen molar-refractivity contribution in [3.63, 3.8) is 0 Å². The monoisotopic (exact) mass is 673 g/mol. The minimum Gasteiger partial charge on any atom is -0.494 e. The van der Waals surface area contributed by atoms with Gasteiger partial charge in [0.25, 0.3) is 5.91 Å². The van der Waals surface area contributed by atoms with Gasteiger partial charge in [0.05, 0.1) is 20.8 Å². The number of ether oxygens (including phenoxy) is 4. The van der Waals surface area contributed by atoms with Crippen LogP contribution in [0.5, 0.6) is 17.2 Å². The number of para-hydroxylation sites is 1. The van der Waals surface area contributed by atoms with Crippen LogP contribution < -0.4 is 25.1 Å². The van der Waals surface area contributed by atoms with Crippen molar-refractivity contribution in [2.45, 2.75) is 31.0 Å². The van der Waals surface area contributed by atoms with Crippen molar-refractivity contribution in [2.75, 3.05) is 27.4 Å². The molecule has 0 bridgehead atoms. The third-order valence-corrected chi connectivity index (χ3v) is 8.22. The van der Waals surface area contributed by atoms with E-state index in [9.17, 15) is 4.79 Å². The van der Waals surface area contributed by atoms with Crippen LogP contribution in [-0.4, -0.2) is 49.9 Å². The number of hydrazine groups is 1. The summed E-state index contributed by atoms with van der Waals surface area (Å²) in [6.07, 6.45) is 0.0692. The topological polar surface area (TPSA) is 111 Å². The van der Waals surface area contributed by atoms with Gasteiger partial charge in [-0.05, 0) is 42.0 Å². The highest BCUT2D eigenvalue weighted by molar-refractivity contribution is 9.10. The smallest absolute Gasteiger partial charge is 0.266 e. The molecule has 0 fully saturated rings. The van der Waals surface area contributed by atoms with Crippen molar-refractivity contribution in [1.82, 2.24) is 10.9 Å². The number of carbonyl (C=O) groups is 1. The molecule has 4 aromatic carbocycles. The third-order valence-electron chi connectivity index (χ3n) is 7.50. The predicted octanol–water partition coefficient (Wildman–Crippen LogP) is 5.55. The van der Waals surface area contributed by atoms with Crippen LogP contribution in [0.25, 0.3) is 0 Å². The fourth-order valence-electron chi connectivity index (χ4n) is 5.27. The molecule has 2 atom stereocenters. The summed E-state index contributed by atoms with van der Waals surface area (Å²) in [5.41, 5.74) is 7.87. The molecule has 45 heavy (non-hydrogen) atoms. The van der Waals surface area contributed by atoms with E-state index in [-0.39, 0.29) is 25.5 Å². The first-order chi connectivity index (χ1) is 22.0. The number of aliphatic hydroxyl groups is 1. The molecule has 0 aromatic heterocycles. The van der Waals surface area contributed by atoms with E-state index in [1.54, 1.807) is 14.2 Å². The van der Waals surface area contributed by atoms with Gasteiger partial charge in [-0.25, -0.2) is 10.4 Å². The summed E-state index contributed by atoms with van der Waals surface area (Å²) in [7, 11) is 3.16. The average molecular weight is 675 g/mol. The number of aliphatic hydroxyl groups excluding tert-OH is 1. The maximum absolute atomic E-state index is 14.4. The number of hydrogen-bond donors (Lipinski definition) is 3. The van der Waals surface area contributed by atoms with E-state index in [4.69, 9.17) is 29.0 Å². The molecule has 0 saturated heterocycles. The Labute approximate surface area is 271 Å². The molecule has 10 heteroatoms. The fourth-order valence-corrected chi connectivity index (χ4v) is 5.77. The van der Waals surface area contributed by atoms with Gasteiger partial charge in [-0.1, -0.05) is 76.6 Å². The zero-order valence-electron chi connectivity index (χ0n) is 25.2. The predicted molar refractivity (Wildman–Crippen MR) is 176 cm³/mol. The summed E-state index contributed by atoms with van der Waals surface area (Å²) in [5.74, 6) is 1.84. The molecule has 1 aliphatic heterocycles. The molecule has 0 aliphatic carbocycles. The van der Waals surface area contributed by atoms with E-state index in [0.717, 1.165) is 21.2 Å². The van der Waals surface area contributed by atoms with Crippen molar-refractivity contribution in [3.05, 3.63) is 124 Å². The molecule has 1 heterocycles. The van der Waals surface area contributed by atoms with Gasteiger partial charge in [0.15, 0.2) is 23.1 Å². The lowest BCUT2D eigenvalue weighted by molar-refractivity contribution is -0.130. The van der Waals surface area contributed by atoms with Gasteiger partial charge in [0, 0.05) is 47.2 Å². The van der Waals surface area contributed by atoms with E-state index < -0.39 is 11.6 Å². The van der Waals surface area contributed by atoms with Crippen molar-refractivity contribution in [1.29, 1.82) is 0 Å². The number of aliphatic imine (C=N–C) groups is 1.